The summed E-state index contributed by atoms with van der Waals surface area (Å²) in [7, 11) is 0. The molecule has 4 rings (SSSR count). The van der Waals surface area contributed by atoms with Gasteiger partial charge in [0.05, 0.1) is 6.10 Å². The van der Waals surface area contributed by atoms with E-state index in [4.69, 9.17) is 0 Å². The molecule has 18 heavy (non-hydrogen) atoms. The van der Waals surface area contributed by atoms with Gasteiger partial charge in [-0.25, -0.2) is 0 Å². The highest BCUT2D eigenvalue weighted by molar-refractivity contribution is 5.86. The first-order chi connectivity index (χ1) is 8.84. The van der Waals surface area contributed by atoms with Crippen molar-refractivity contribution >= 4 is 10.8 Å². The van der Waals surface area contributed by atoms with E-state index in [1.54, 1.807) is 0 Å². The van der Waals surface area contributed by atoms with Crippen molar-refractivity contribution in [1.29, 1.82) is 0 Å². The molecule has 1 N–H and O–H groups in total. The highest BCUT2D eigenvalue weighted by atomic mass is 16.3. The predicted molar refractivity (Wildman–Crippen MR) is 73.5 cm³/mol. The van der Waals surface area contributed by atoms with Crippen molar-refractivity contribution in [3.05, 3.63) is 48.0 Å². The van der Waals surface area contributed by atoms with Gasteiger partial charge in [0.25, 0.3) is 0 Å². The predicted octanol–water partition coefficient (Wildman–Crippen LogP) is 3.71. The molecule has 0 heterocycles. The van der Waals surface area contributed by atoms with Crippen molar-refractivity contribution in [3.8, 4) is 0 Å². The molecule has 2 bridgehead atoms. The van der Waals surface area contributed by atoms with Gasteiger partial charge < -0.3 is 5.11 Å². The van der Waals surface area contributed by atoms with Crippen molar-refractivity contribution in [2.45, 2.75) is 31.3 Å². The molecule has 2 aliphatic carbocycles. The Labute approximate surface area is 107 Å². The van der Waals surface area contributed by atoms with Crippen LogP contribution in [0.4, 0.5) is 0 Å². The number of benzene rings is 2. The van der Waals surface area contributed by atoms with Crippen LogP contribution in [0.1, 0.15) is 30.7 Å². The summed E-state index contributed by atoms with van der Waals surface area (Å²) in [5.74, 6) is 1.63. The van der Waals surface area contributed by atoms with Crippen molar-refractivity contribution in [2.24, 2.45) is 11.8 Å². The minimum absolute atomic E-state index is 0.116. The monoisotopic (exact) mass is 238 g/mol. The van der Waals surface area contributed by atoms with Gasteiger partial charge in [-0.1, -0.05) is 42.5 Å². The highest BCUT2D eigenvalue weighted by Crippen LogP contribution is 2.53. The number of hydrogen-bond acceptors (Lipinski definition) is 1. The lowest BCUT2D eigenvalue weighted by Crippen LogP contribution is -2.25. The maximum atomic E-state index is 10.5. The van der Waals surface area contributed by atoms with Gasteiger partial charge in [0.15, 0.2) is 0 Å². The summed E-state index contributed by atoms with van der Waals surface area (Å²) in [6.07, 6.45) is 3.65. The van der Waals surface area contributed by atoms with Gasteiger partial charge in [0.2, 0.25) is 0 Å². The third kappa shape index (κ3) is 1.37. The molecule has 4 atom stereocenters. The molecule has 2 aliphatic rings. The van der Waals surface area contributed by atoms with E-state index in [0.29, 0.717) is 17.8 Å². The highest BCUT2D eigenvalue weighted by Gasteiger charge is 2.47. The summed E-state index contributed by atoms with van der Waals surface area (Å²) in [4.78, 5) is 0. The maximum absolute atomic E-state index is 10.5. The van der Waals surface area contributed by atoms with Crippen molar-refractivity contribution in [3.63, 3.8) is 0 Å². The number of aliphatic hydroxyl groups excluding tert-OH is 1. The maximum Gasteiger partial charge on any atom is 0.0639 e. The molecule has 2 saturated carbocycles. The molecule has 0 amide bonds. The average Bonchev–Trinajstić information content (AvgIpc) is 2.99. The molecule has 2 aromatic carbocycles. The number of hydrogen-bond donors (Lipinski definition) is 1. The summed E-state index contributed by atoms with van der Waals surface area (Å²) < 4.78 is 0. The number of fused-ring (bicyclic) bond motifs is 3. The molecule has 0 unspecified atom stereocenters. The summed E-state index contributed by atoms with van der Waals surface area (Å²) in [5, 5.41) is 13.1. The van der Waals surface area contributed by atoms with E-state index in [1.165, 1.54) is 35.6 Å². The molecule has 1 nitrogen and oxygen atoms in total. The Balaban J connectivity index is 1.88. The molecule has 2 fully saturated rings. The summed E-state index contributed by atoms with van der Waals surface area (Å²) in [5.41, 5.74) is 1.37. The SMILES string of the molecule is O[C@@H]1[C@H]2CC[C@H](C2)[C@H]1c1cccc2ccccc12. The van der Waals surface area contributed by atoms with Crippen LogP contribution in [0.3, 0.4) is 0 Å². The smallest absolute Gasteiger partial charge is 0.0639 e. The quantitative estimate of drug-likeness (QED) is 0.803. The molecule has 92 valence electrons. The summed E-state index contributed by atoms with van der Waals surface area (Å²) in [6.45, 7) is 0. The van der Waals surface area contributed by atoms with E-state index in [9.17, 15) is 5.11 Å². The molecular weight excluding hydrogens is 220 g/mol. The van der Waals surface area contributed by atoms with Crippen molar-refractivity contribution in [2.75, 3.05) is 0 Å². The Hall–Kier alpha value is -1.34. The van der Waals surface area contributed by atoms with E-state index in [0.717, 1.165) is 0 Å². The zero-order valence-corrected chi connectivity index (χ0v) is 10.4. The van der Waals surface area contributed by atoms with Crippen LogP contribution in [0.5, 0.6) is 0 Å². The van der Waals surface area contributed by atoms with E-state index < -0.39 is 0 Å². The average molecular weight is 238 g/mol. The van der Waals surface area contributed by atoms with Crippen LogP contribution in [0.25, 0.3) is 10.8 Å². The molecule has 0 aliphatic heterocycles. The fourth-order valence-electron chi connectivity index (χ4n) is 4.24. The van der Waals surface area contributed by atoms with Crippen molar-refractivity contribution < 1.29 is 5.11 Å². The van der Waals surface area contributed by atoms with Gasteiger partial charge in [0.1, 0.15) is 0 Å². The molecule has 0 aromatic heterocycles. The van der Waals surface area contributed by atoms with E-state index >= 15 is 0 Å². The van der Waals surface area contributed by atoms with Crippen LogP contribution in [0.15, 0.2) is 42.5 Å². The zero-order chi connectivity index (χ0) is 12.1. The van der Waals surface area contributed by atoms with Gasteiger partial charge in [-0.2, -0.15) is 0 Å². The third-order valence-corrected chi connectivity index (χ3v) is 5.06. The topological polar surface area (TPSA) is 20.2 Å². The first-order valence-electron chi connectivity index (χ1n) is 7.00. The minimum atomic E-state index is -0.116. The Morgan fingerprint density at radius 3 is 2.50 bits per heavy atom. The largest absolute Gasteiger partial charge is 0.392 e. The second-order valence-electron chi connectivity index (χ2n) is 5.92. The number of aliphatic hydroxyl groups is 1. The second-order valence-corrected chi connectivity index (χ2v) is 5.92. The van der Waals surface area contributed by atoms with E-state index in [2.05, 4.69) is 42.5 Å². The third-order valence-electron chi connectivity index (χ3n) is 5.06. The van der Waals surface area contributed by atoms with Crippen LogP contribution in [-0.2, 0) is 0 Å². The van der Waals surface area contributed by atoms with Gasteiger partial charge in [-0.05, 0) is 47.4 Å². The van der Waals surface area contributed by atoms with Gasteiger partial charge >= 0.3 is 0 Å². The summed E-state index contributed by atoms with van der Waals surface area (Å²) in [6, 6.07) is 15.1. The normalized spacial score (nSPS) is 34.3. The van der Waals surface area contributed by atoms with Gasteiger partial charge in [-0.3, -0.25) is 0 Å². The Bertz CT molecular complexity index is 582. The fraction of sp³-hybridized carbons (Fsp3) is 0.412. The van der Waals surface area contributed by atoms with Crippen LogP contribution in [-0.4, -0.2) is 11.2 Å². The first kappa shape index (κ1) is 10.6. The Morgan fingerprint density at radius 2 is 1.67 bits per heavy atom. The molecule has 1 heteroatoms. The Kier molecular flexibility index (Phi) is 2.25. The van der Waals surface area contributed by atoms with Crippen LogP contribution < -0.4 is 0 Å². The lowest BCUT2D eigenvalue weighted by Gasteiger charge is -2.28. The molecule has 0 radical (unpaired) electrons. The lowest BCUT2D eigenvalue weighted by atomic mass is 9.79. The van der Waals surface area contributed by atoms with E-state index in [1.807, 2.05) is 0 Å². The van der Waals surface area contributed by atoms with Crippen LogP contribution >= 0.6 is 0 Å². The first-order valence-corrected chi connectivity index (χ1v) is 7.00. The van der Waals surface area contributed by atoms with Crippen LogP contribution in [0.2, 0.25) is 0 Å². The molecule has 2 aromatic rings. The van der Waals surface area contributed by atoms with Gasteiger partial charge in [0, 0.05) is 5.92 Å². The lowest BCUT2D eigenvalue weighted by molar-refractivity contribution is 0.0928. The molecule has 0 spiro atoms. The fourth-order valence-corrected chi connectivity index (χ4v) is 4.24. The molecular formula is C17H18O. The minimum Gasteiger partial charge on any atom is -0.392 e. The Morgan fingerprint density at radius 1 is 0.889 bits per heavy atom. The standard InChI is InChI=1S/C17H18O/c18-17-13-9-8-12(10-13)16(17)15-7-3-5-11-4-1-2-6-14(11)15/h1-7,12-13,16-18H,8-10H2/t12-,13+,16+,17-/m1/s1. The van der Waals surface area contributed by atoms with Gasteiger partial charge in [-0.15, -0.1) is 0 Å². The number of rotatable bonds is 1. The van der Waals surface area contributed by atoms with E-state index in [-0.39, 0.29) is 6.10 Å². The summed E-state index contributed by atoms with van der Waals surface area (Å²) >= 11 is 0. The second kappa shape index (κ2) is 3.83. The zero-order valence-electron chi connectivity index (χ0n) is 10.4. The van der Waals surface area contributed by atoms with Crippen molar-refractivity contribution in [1.82, 2.24) is 0 Å². The van der Waals surface area contributed by atoms with Crippen LogP contribution in [0, 0.1) is 11.8 Å². The molecule has 0 saturated heterocycles.